The maximum absolute atomic E-state index is 14.9. The summed E-state index contributed by atoms with van der Waals surface area (Å²) >= 11 is 1.32. The molecule has 1 aromatic carbocycles. The monoisotopic (exact) mass is 486 g/mol. The van der Waals surface area contributed by atoms with Crippen LogP contribution < -0.4 is 5.32 Å². The standard InChI is InChI=1S/C26H23FN6OS/c1-26(2,3)24-31-32-25(35-24)30-23(34)14-18-4-5-19(12-20(18)27)21-15-29-22-13-17(8-11-33(21)22)16-6-9-28-10-7-16/h4-13,15H,14H2,1-3H3,(H,30,32,34). The summed E-state index contributed by atoms with van der Waals surface area (Å²) < 4.78 is 16.9. The highest BCUT2D eigenvalue weighted by Crippen LogP contribution is 2.29. The van der Waals surface area contributed by atoms with E-state index in [1.807, 2.05) is 55.6 Å². The van der Waals surface area contributed by atoms with E-state index >= 15 is 0 Å². The molecule has 0 saturated heterocycles. The molecule has 35 heavy (non-hydrogen) atoms. The summed E-state index contributed by atoms with van der Waals surface area (Å²) in [6.45, 7) is 6.08. The zero-order valence-electron chi connectivity index (χ0n) is 19.5. The lowest BCUT2D eigenvalue weighted by molar-refractivity contribution is -0.115. The van der Waals surface area contributed by atoms with Gasteiger partial charge in [0.1, 0.15) is 16.5 Å². The molecule has 5 rings (SSSR count). The molecule has 0 radical (unpaired) electrons. The van der Waals surface area contributed by atoms with Crippen molar-refractivity contribution in [1.82, 2.24) is 24.6 Å². The second-order valence-corrected chi connectivity index (χ2v) is 10.2. The van der Waals surface area contributed by atoms with Crippen LogP contribution in [-0.4, -0.2) is 30.5 Å². The number of benzene rings is 1. The van der Waals surface area contributed by atoms with Crippen LogP contribution in [0.25, 0.3) is 28.0 Å². The number of hydrogen-bond acceptors (Lipinski definition) is 6. The van der Waals surface area contributed by atoms with Crippen LogP contribution >= 0.6 is 11.3 Å². The first-order valence-corrected chi connectivity index (χ1v) is 11.9. The molecular formula is C26H23FN6OS. The number of fused-ring (bicyclic) bond motifs is 1. The third-order valence-corrected chi connectivity index (χ3v) is 6.80. The molecule has 0 unspecified atom stereocenters. The summed E-state index contributed by atoms with van der Waals surface area (Å²) in [5.41, 5.74) is 4.42. The van der Waals surface area contributed by atoms with Crippen molar-refractivity contribution in [3.8, 4) is 22.4 Å². The second-order valence-electron chi connectivity index (χ2n) is 9.22. The van der Waals surface area contributed by atoms with Crippen molar-refractivity contribution < 1.29 is 9.18 Å². The summed E-state index contributed by atoms with van der Waals surface area (Å²) in [5, 5.41) is 12.1. The highest BCUT2D eigenvalue weighted by molar-refractivity contribution is 7.15. The number of carbonyl (C=O) groups is 1. The van der Waals surface area contributed by atoms with Crippen molar-refractivity contribution >= 4 is 28.0 Å². The topological polar surface area (TPSA) is 85.1 Å². The largest absolute Gasteiger partial charge is 0.300 e. The molecule has 0 aliphatic heterocycles. The van der Waals surface area contributed by atoms with Gasteiger partial charge in [-0.2, -0.15) is 0 Å². The Morgan fingerprint density at radius 1 is 1.03 bits per heavy atom. The molecule has 1 amide bonds. The van der Waals surface area contributed by atoms with Gasteiger partial charge in [0, 0.05) is 29.6 Å². The van der Waals surface area contributed by atoms with E-state index < -0.39 is 5.82 Å². The molecule has 176 valence electrons. The van der Waals surface area contributed by atoms with Crippen LogP contribution in [0.2, 0.25) is 0 Å². The van der Waals surface area contributed by atoms with E-state index in [-0.39, 0.29) is 17.7 Å². The minimum Gasteiger partial charge on any atom is -0.300 e. The van der Waals surface area contributed by atoms with Gasteiger partial charge in [-0.1, -0.05) is 44.2 Å². The van der Waals surface area contributed by atoms with Gasteiger partial charge < -0.3 is 5.32 Å². The summed E-state index contributed by atoms with van der Waals surface area (Å²) in [5.74, 6) is -0.791. The average molecular weight is 487 g/mol. The molecule has 4 heterocycles. The minimum atomic E-state index is -0.450. The smallest absolute Gasteiger partial charge is 0.230 e. The number of anilines is 1. The van der Waals surface area contributed by atoms with Gasteiger partial charge >= 0.3 is 0 Å². The minimum absolute atomic E-state index is 0.0982. The van der Waals surface area contributed by atoms with Crippen molar-refractivity contribution in [3.05, 3.63) is 83.6 Å². The lowest BCUT2D eigenvalue weighted by Gasteiger charge is -2.12. The SMILES string of the molecule is CC(C)(C)c1nnc(NC(=O)Cc2ccc(-c3cnc4cc(-c5ccncc5)ccn34)cc2F)s1. The van der Waals surface area contributed by atoms with Gasteiger partial charge in [0.15, 0.2) is 0 Å². The van der Waals surface area contributed by atoms with E-state index in [0.717, 1.165) is 27.5 Å². The number of rotatable bonds is 5. The Balaban J connectivity index is 1.33. The summed E-state index contributed by atoms with van der Waals surface area (Å²) in [6.07, 6.45) is 7.03. The molecule has 0 aliphatic rings. The number of amides is 1. The highest BCUT2D eigenvalue weighted by Gasteiger charge is 2.20. The molecular weight excluding hydrogens is 463 g/mol. The third-order valence-electron chi connectivity index (χ3n) is 5.54. The highest BCUT2D eigenvalue weighted by atomic mass is 32.1. The zero-order valence-corrected chi connectivity index (χ0v) is 20.3. The lowest BCUT2D eigenvalue weighted by atomic mass is 9.98. The van der Waals surface area contributed by atoms with Crippen LogP contribution in [0.3, 0.4) is 0 Å². The Hall–Kier alpha value is -3.98. The quantitative estimate of drug-likeness (QED) is 0.353. The zero-order chi connectivity index (χ0) is 24.6. The first-order valence-electron chi connectivity index (χ1n) is 11.1. The van der Waals surface area contributed by atoms with Crippen LogP contribution in [0.15, 0.2) is 67.3 Å². The molecule has 0 fully saturated rings. The van der Waals surface area contributed by atoms with Crippen molar-refractivity contribution in [2.45, 2.75) is 32.6 Å². The predicted octanol–water partition coefficient (Wildman–Crippen LogP) is 5.53. The van der Waals surface area contributed by atoms with Gasteiger partial charge in [-0.15, -0.1) is 10.2 Å². The molecule has 0 atom stereocenters. The van der Waals surface area contributed by atoms with Gasteiger partial charge in [-0.3, -0.25) is 14.2 Å². The average Bonchev–Trinajstić information content (AvgIpc) is 3.48. The Morgan fingerprint density at radius 2 is 1.83 bits per heavy atom. The number of aromatic nitrogens is 5. The number of hydrogen-bond donors (Lipinski definition) is 1. The molecule has 1 N–H and O–H groups in total. The Labute approximate surface area is 205 Å². The summed E-state index contributed by atoms with van der Waals surface area (Å²) in [4.78, 5) is 21.0. The van der Waals surface area contributed by atoms with E-state index in [1.54, 1.807) is 30.7 Å². The first kappa shape index (κ1) is 22.8. The van der Waals surface area contributed by atoms with Crippen LogP contribution in [0, 0.1) is 5.82 Å². The van der Waals surface area contributed by atoms with Crippen molar-refractivity contribution in [3.63, 3.8) is 0 Å². The molecule has 4 aromatic heterocycles. The van der Waals surface area contributed by atoms with Crippen LogP contribution in [-0.2, 0) is 16.6 Å². The van der Waals surface area contributed by atoms with Crippen LogP contribution in [0.1, 0.15) is 31.3 Å². The number of nitrogens with zero attached hydrogens (tertiary/aromatic N) is 5. The Bertz CT molecular complexity index is 1520. The fourth-order valence-electron chi connectivity index (χ4n) is 3.68. The molecule has 5 aromatic rings. The summed E-state index contributed by atoms with van der Waals surface area (Å²) in [7, 11) is 0. The molecule has 0 spiro atoms. The van der Waals surface area contributed by atoms with Crippen LogP contribution in [0.4, 0.5) is 9.52 Å². The van der Waals surface area contributed by atoms with Crippen molar-refractivity contribution in [2.75, 3.05) is 5.32 Å². The number of nitrogens with one attached hydrogen (secondary N) is 1. The fraction of sp³-hybridized carbons (Fsp3) is 0.192. The summed E-state index contributed by atoms with van der Waals surface area (Å²) in [6, 6.07) is 12.7. The second kappa shape index (κ2) is 8.99. The van der Waals surface area contributed by atoms with Gasteiger partial charge in [-0.05, 0) is 47.0 Å². The third kappa shape index (κ3) is 4.81. The number of imidazole rings is 1. The van der Waals surface area contributed by atoms with E-state index in [0.29, 0.717) is 16.3 Å². The number of carbonyl (C=O) groups excluding carboxylic acids is 1. The van der Waals surface area contributed by atoms with Gasteiger partial charge in [0.05, 0.1) is 18.3 Å². The predicted molar refractivity (Wildman–Crippen MR) is 135 cm³/mol. The molecule has 9 heteroatoms. The Kier molecular flexibility index (Phi) is 5.86. The maximum atomic E-state index is 14.9. The van der Waals surface area contributed by atoms with Gasteiger partial charge in [-0.25, -0.2) is 9.37 Å². The fourth-order valence-corrected chi connectivity index (χ4v) is 4.50. The molecule has 7 nitrogen and oxygen atoms in total. The number of halogens is 1. The van der Waals surface area contributed by atoms with E-state index in [1.165, 1.54) is 17.4 Å². The molecule has 0 aliphatic carbocycles. The van der Waals surface area contributed by atoms with Crippen molar-refractivity contribution in [1.29, 1.82) is 0 Å². The first-order chi connectivity index (χ1) is 16.8. The van der Waals surface area contributed by atoms with Crippen LogP contribution in [0.5, 0.6) is 0 Å². The molecule has 0 bridgehead atoms. The number of pyridine rings is 2. The van der Waals surface area contributed by atoms with Gasteiger partial charge in [0.2, 0.25) is 11.0 Å². The normalized spacial score (nSPS) is 11.7. The lowest BCUT2D eigenvalue weighted by Crippen LogP contribution is -2.15. The molecule has 0 saturated carbocycles. The van der Waals surface area contributed by atoms with E-state index in [2.05, 4.69) is 25.5 Å². The van der Waals surface area contributed by atoms with E-state index in [9.17, 15) is 9.18 Å². The van der Waals surface area contributed by atoms with Gasteiger partial charge in [0.25, 0.3) is 0 Å². The van der Waals surface area contributed by atoms with Crippen molar-refractivity contribution in [2.24, 2.45) is 0 Å². The maximum Gasteiger partial charge on any atom is 0.230 e. The Morgan fingerprint density at radius 3 is 2.54 bits per heavy atom. The van der Waals surface area contributed by atoms with E-state index in [4.69, 9.17) is 0 Å².